The van der Waals surface area contributed by atoms with Crippen molar-refractivity contribution >= 4 is 21.4 Å². The highest BCUT2D eigenvalue weighted by Crippen LogP contribution is 2.16. The molecule has 2 heterocycles. The molecule has 1 aromatic rings. The summed E-state index contributed by atoms with van der Waals surface area (Å²) in [6, 6.07) is -0.00701. The van der Waals surface area contributed by atoms with Gasteiger partial charge in [0.2, 0.25) is 15.0 Å². The second-order valence-electron chi connectivity index (χ2n) is 4.55. The molecule has 0 saturated carbocycles. The van der Waals surface area contributed by atoms with Crippen LogP contribution >= 0.6 is 11.6 Å². The molecule has 0 spiro atoms. The second kappa shape index (κ2) is 5.50. The van der Waals surface area contributed by atoms with Crippen molar-refractivity contribution in [3.8, 4) is 0 Å². The van der Waals surface area contributed by atoms with E-state index in [-0.39, 0.29) is 22.1 Å². The fourth-order valence-corrected chi connectivity index (χ4v) is 3.55. The van der Waals surface area contributed by atoms with Crippen molar-refractivity contribution in [2.45, 2.75) is 37.4 Å². The van der Waals surface area contributed by atoms with Gasteiger partial charge in [-0.1, -0.05) is 18.0 Å². The van der Waals surface area contributed by atoms with E-state index in [2.05, 4.69) is 15.3 Å². The Kier molecular flexibility index (Phi) is 4.19. The zero-order chi connectivity index (χ0) is 13.2. The van der Waals surface area contributed by atoms with E-state index in [4.69, 9.17) is 11.6 Å². The van der Waals surface area contributed by atoms with Crippen LogP contribution in [0.25, 0.3) is 0 Å². The number of nitrogens with one attached hydrogen (secondary N) is 1. The summed E-state index contributed by atoms with van der Waals surface area (Å²) in [5.74, 6) is 0.0341. The van der Waals surface area contributed by atoms with Crippen molar-refractivity contribution in [2.24, 2.45) is 0 Å². The summed E-state index contributed by atoms with van der Waals surface area (Å²) in [6.45, 7) is 2.61. The van der Waals surface area contributed by atoms with Gasteiger partial charge in [0.05, 0.1) is 5.75 Å². The predicted molar refractivity (Wildman–Crippen MR) is 69.5 cm³/mol. The highest BCUT2D eigenvalue weighted by molar-refractivity contribution is 7.91. The number of sulfone groups is 1. The van der Waals surface area contributed by atoms with E-state index in [9.17, 15) is 8.42 Å². The number of aryl methyl sites for hydroxylation is 1. The highest BCUT2D eigenvalue weighted by atomic mass is 35.5. The van der Waals surface area contributed by atoms with Gasteiger partial charge in [-0.2, -0.15) is 0 Å². The van der Waals surface area contributed by atoms with Crippen LogP contribution in [0.5, 0.6) is 0 Å². The van der Waals surface area contributed by atoms with Crippen LogP contribution in [0.3, 0.4) is 0 Å². The van der Waals surface area contributed by atoms with Crippen LogP contribution in [0.15, 0.2) is 11.4 Å². The van der Waals surface area contributed by atoms with E-state index in [0.717, 1.165) is 25.8 Å². The van der Waals surface area contributed by atoms with Crippen molar-refractivity contribution in [2.75, 3.05) is 12.3 Å². The van der Waals surface area contributed by atoms with Crippen LogP contribution in [-0.4, -0.2) is 36.7 Å². The van der Waals surface area contributed by atoms with Gasteiger partial charge in [-0.15, -0.1) is 0 Å². The smallest absolute Gasteiger partial charge is 0.248 e. The second-order valence-corrected chi connectivity index (χ2v) is 6.84. The van der Waals surface area contributed by atoms with Crippen LogP contribution in [0, 0.1) is 6.92 Å². The normalized spacial score (nSPS) is 20.9. The van der Waals surface area contributed by atoms with E-state index in [0.29, 0.717) is 5.56 Å². The molecule has 1 aromatic heterocycles. The van der Waals surface area contributed by atoms with Crippen LogP contribution in [0.4, 0.5) is 0 Å². The Balaban J connectivity index is 2.16. The average molecular weight is 290 g/mol. The molecule has 0 aromatic carbocycles. The molecular weight excluding hydrogens is 274 g/mol. The van der Waals surface area contributed by atoms with Crippen LogP contribution in [0.2, 0.25) is 5.15 Å². The molecule has 1 aliphatic heterocycles. The molecule has 1 N–H and O–H groups in total. The van der Waals surface area contributed by atoms with Gasteiger partial charge in [-0.3, -0.25) is 0 Å². The summed E-state index contributed by atoms with van der Waals surface area (Å²) in [7, 11) is -3.47. The lowest BCUT2D eigenvalue weighted by Gasteiger charge is -2.22. The Hall–Kier alpha value is -0.720. The fourth-order valence-electron chi connectivity index (χ4n) is 1.96. The highest BCUT2D eigenvalue weighted by Gasteiger charge is 2.25. The molecule has 7 heteroatoms. The lowest BCUT2D eigenvalue weighted by atomic mass is 10.1. The third-order valence-corrected chi connectivity index (χ3v) is 4.98. The summed E-state index contributed by atoms with van der Waals surface area (Å²) in [4.78, 5) is 7.71. The minimum Gasteiger partial charge on any atom is -0.313 e. The number of halogens is 1. The SMILES string of the molecule is Cc1cnc(S(=O)(=O)CC2CCCCN2)nc1Cl. The van der Waals surface area contributed by atoms with Gasteiger partial charge in [0.25, 0.3) is 0 Å². The molecule has 1 unspecified atom stereocenters. The minimum absolute atomic E-state index is 0.00701. The Morgan fingerprint density at radius 3 is 2.89 bits per heavy atom. The monoisotopic (exact) mass is 289 g/mol. The van der Waals surface area contributed by atoms with E-state index in [1.165, 1.54) is 6.20 Å². The molecule has 18 heavy (non-hydrogen) atoms. The summed E-state index contributed by atoms with van der Waals surface area (Å²) >= 11 is 5.83. The molecule has 0 radical (unpaired) electrons. The van der Waals surface area contributed by atoms with Crippen molar-refractivity contribution in [1.82, 2.24) is 15.3 Å². The molecular formula is C11H16ClN3O2S. The predicted octanol–water partition coefficient (Wildman–Crippen LogP) is 1.35. The van der Waals surface area contributed by atoms with Crippen LogP contribution < -0.4 is 5.32 Å². The van der Waals surface area contributed by atoms with Crippen molar-refractivity contribution in [1.29, 1.82) is 0 Å². The van der Waals surface area contributed by atoms with Crippen molar-refractivity contribution < 1.29 is 8.42 Å². The number of hydrogen-bond donors (Lipinski definition) is 1. The lowest BCUT2D eigenvalue weighted by Crippen LogP contribution is -2.39. The van der Waals surface area contributed by atoms with Crippen LogP contribution in [-0.2, 0) is 9.84 Å². The first-order valence-corrected chi connectivity index (χ1v) is 7.97. The molecule has 1 fully saturated rings. The number of hydrogen-bond acceptors (Lipinski definition) is 5. The molecule has 2 rings (SSSR count). The Morgan fingerprint density at radius 2 is 2.28 bits per heavy atom. The maximum Gasteiger partial charge on any atom is 0.248 e. The number of nitrogens with zero attached hydrogens (tertiary/aromatic N) is 2. The first kappa shape index (κ1) is 13.7. The zero-order valence-corrected chi connectivity index (χ0v) is 11.8. The van der Waals surface area contributed by atoms with Gasteiger partial charge in [-0.25, -0.2) is 18.4 Å². The Bertz CT molecular complexity index is 527. The van der Waals surface area contributed by atoms with Gasteiger partial charge in [0.1, 0.15) is 5.15 Å². The summed E-state index contributed by atoms with van der Waals surface area (Å²) in [5, 5.41) is 3.22. The van der Waals surface area contributed by atoms with Crippen LogP contribution in [0.1, 0.15) is 24.8 Å². The van der Waals surface area contributed by atoms with E-state index < -0.39 is 9.84 Å². The number of piperidine rings is 1. The first-order chi connectivity index (χ1) is 8.49. The maximum absolute atomic E-state index is 12.1. The largest absolute Gasteiger partial charge is 0.313 e. The summed E-state index contributed by atoms with van der Waals surface area (Å²) in [6.07, 6.45) is 4.47. The molecule has 100 valence electrons. The molecule has 1 saturated heterocycles. The molecule has 1 atom stereocenters. The van der Waals surface area contributed by atoms with Gasteiger partial charge in [0.15, 0.2) is 0 Å². The fraction of sp³-hybridized carbons (Fsp3) is 0.636. The average Bonchev–Trinajstić information content (AvgIpc) is 2.33. The third-order valence-electron chi connectivity index (χ3n) is 3.00. The molecule has 1 aliphatic rings. The summed E-state index contributed by atoms with van der Waals surface area (Å²) in [5.41, 5.74) is 0.673. The summed E-state index contributed by atoms with van der Waals surface area (Å²) < 4.78 is 24.3. The number of rotatable bonds is 3. The number of aromatic nitrogens is 2. The van der Waals surface area contributed by atoms with Gasteiger partial charge >= 0.3 is 0 Å². The van der Waals surface area contributed by atoms with Gasteiger partial charge in [0, 0.05) is 17.8 Å². The van der Waals surface area contributed by atoms with Crippen molar-refractivity contribution in [3.05, 3.63) is 16.9 Å². The van der Waals surface area contributed by atoms with Gasteiger partial charge < -0.3 is 5.32 Å². The van der Waals surface area contributed by atoms with Crippen molar-refractivity contribution in [3.63, 3.8) is 0 Å². The topological polar surface area (TPSA) is 72.0 Å². The van der Waals surface area contributed by atoms with E-state index in [1.54, 1.807) is 6.92 Å². The molecule has 5 nitrogen and oxygen atoms in total. The zero-order valence-electron chi connectivity index (χ0n) is 10.2. The minimum atomic E-state index is -3.47. The Labute approximate surface area is 112 Å². The van der Waals surface area contributed by atoms with E-state index >= 15 is 0 Å². The van der Waals surface area contributed by atoms with Gasteiger partial charge in [-0.05, 0) is 26.3 Å². The molecule has 0 amide bonds. The first-order valence-electron chi connectivity index (χ1n) is 5.94. The lowest BCUT2D eigenvalue weighted by molar-refractivity contribution is 0.423. The Morgan fingerprint density at radius 1 is 1.50 bits per heavy atom. The molecule has 0 bridgehead atoms. The van der Waals surface area contributed by atoms with E-state index in [1.807, 2.05) is 0 Å². The maximum atomic E-state index is 12.1. The standard InChI is InChI=1S/C11H16ClN3O2S/c1-8-6-14-11(15-10(8)12)18(16,17)7-9-4-2-3-5-13-9/h6,9,13H,2-5,7H2,1H3. The third kappa shape index (κ3) is 3.18. The quantitative estimate of drug-likeness (QED) is 0.672. The molecule has 0 aliphatic carbocycles.